The molecule has 1 amide bonds. The maximum atomic E-state index is 13.2. The molecule has 1 fully saturated rings. The second-order valence-corrected chi connectivity index (χ2v) is 5.80. The number of carbonyl (C=O) groups excluding carboxylic acids is 1. The van der Waals surface area contributed by atoms with Gasteiger partial charge in [-0.25, -0.2) is 13.6 Å². The van der Waals surface area contributed by atoms with Crippen LogP contribution in [0.4, 0.5) is 13.6 Å². The maximum Gasteiger partial charge on any atom is 0.407 e. The number of hydrogen-bond donors (Lipinski definition) is 2. The Balaban J connectivity index is 2.66. The Labute approximate surface area is 110 Å². The third kappa shape index (κ3) is 5.00. The number of carboxylic acid groups (broad SMARTS) is 1. The molecule has 0 aromatic carbocycles. The van der Waals surface area contributed by atoms with Crippen molar-refractivity contribution >= 4 is 12.1 Å². The molecular formula is C12H19F2NO4. The molecule has 5 nitrogen and oxygen atoms in total. The van der Waals surface area contributed by atoms with Crippen LogP contribution < -0.4 is 5.32 Å². The molecule has 0 bridgehead atoms. The lowest BCUT2D eigenvalue weighted by atomic mass is 9.82. The quantitative estimate of drug-likeness (QED) is 0.813. The second-order valence-electron chi connectivity index (χ2n) is 5.80. The molecule has 1 aliphatic rings. The van der Waals surface area contributed by atoms with Crippen molar-refractivity contribution in [2.75, 3.05) is 0 Å². The summed E-state index contributed by atoms with van der Waals surface area (Å²) < 4.78 is 31.4. The number of rotatable bonds is 2. The van der Waals surface area contributed by atoms with Crippen molar-refractivity contribution in [1.82, 2.24) is 5.32 Å². The van der Waals surface area contributed by atoms with Gasteiger partial charge in [0, 0.05) is 18.9 Å². The molecule has 1 saturated carbocycles. The number of carbonyl (C=O) groups is 2. The molecule has 0 spiro atoms. The largest absolute Gasteiger partial charge is 0.481 e. The van der Waals surface area contributed by atoms with Crippen LogP contribution in [0.15, 0.2) is 0 Å². The number of carboxylic acids is 1. The van der Waals surface area contributed by atoms with E-state index >= 15 is 0 Å². The first-order chi connectivity index (χ1) is 8.50. The van der Waals surface area contributed by atoms with Crippen molar-refractivity contribution in [1.29, 1.82) is 0 Å². The van der Waals surface area contributed by atoms with Gasteiger partial charge >= 0.3 is 12.1 Å². The summed E-state index contributed by atoms with van der Waals surface area (Å²) >= 11 is 0. The Kier molecular flexibility index (Phi) is 4.37. The Morgan fingerprint density at radius 1 is 1.37 bits per heavy atom. The Morgan fingerprint density at radius 3 is 2.42 bits per heavy atom. The minimum atomic E-state index is -2.99. The van der Waals surface area contributed by atoms with E-state index in [0.717, 1.165) is 0 Å². The molecule has 1 rings (SSSR count). The summed E-state index contributed by atoms with van der Waals surface area (Å²) in [4.78, 5) is 22.5. The summed E-state index contributed by atoms with van der Waals surface area (Å²) in [6.45, 7) is 4.99. The van der Waals surface area contributed by atoms with Gasteiger partial charge in [0.05, 0.1) is 5.92 Å². The second kappa shape index (κ2) is 5.30. The van der Waals surface area contributed by atoms with Crippen LogP contribution in [-0.4, -0.2) is 34.7 Å². The monoisotopic (exact) mass is 279 g/mol. The lowest BCUT2D eigenvalue weighted by molar-refractivity contribution is -0.150. The zero-order chi connectivity index (χ0) is 14.8. The van der Waals surface area contributed by atoms with Crippen molar-refractivity contribution in [3.05, 3.63) is 0 Å². The topological polar surface area (TPSA) is 75.6 Å². The van der Waals surface area contributed by atoms with Crippen molar-refractivity contribution in [3.8, 4) is 0 Å². The third-order valence-electron chi connectivity index (χ3n) is 2.84. The van der Waals surface area contributed by atoms with Gasteiger partial charge in [0.2, 0.25) is 5.92 Å². The van der Waals surface area contributed by atoms with E-state index in [0.29, 0.717) is 0 Å². The fourth-order valence-corrected chi connectivity index (χ4v) is 2.03. The van der Waals surface area contributed by atoms with Crippen molar-refractivity contribution < 1.29 is 28.2 Å². The predicted molar refractivity (Wildman–Crippen MR) is 63.1 cm³/mol. The molecule has 2 atom stereocenters. The molecule has 2 N–H and O–H groups in total. The molecule has 110 valence electrons. The number of amides is 1. The van der Waals surface area contributed by atoms with Gasteiger partial charge in [0.1, 0.15) is 5.60 Å². The smallest absolute Gasteiger partial charge is 0.407 e. The highest BCUT2D eigenvalue weighted by atomic mass is 19.3. The first-order valence-corrected chi connectivity index (χ1v) is 6.10. The van der Waals surface area contributed by atoms with Gasteiger partial charge in [0.25, 0.3) is 0 Å². The summed E-state index contributed by atoms with van der Waals surface area (Å²) in [5.41, 5.74) is -0.721. The normalized spacial score (nSPS) is 26.6. The number of hydrogen-bond acceptors (Lipinski definition) is 3. The molecule has 7 heteroatoms. The summed E-state index contributed by atoms with van der Waals surface area (Å²) in [6.07, 6.45) is -2.06. The minimum Gasteiger partial charge on any atom is -0.481 e. The average Bonchev–Trinajstić information content (AvgIpc) is 2.17. The van der Waals surface area contributed by atoms with Crippen molar-refractivity contribution in [2.24, 2.45) is 5.92 Å². The number of nitrogens with one attached hydrogen (secondary N) is 1. The Bertz CT molecular complexity index is 365. The van der Waals surface area contributed by atoms with Gasteiger partial charge in [-0.3, -0.25) is 4.79 Å². The predicted octanol–water partition coefficient (Wildman–Crippen LogP) is 2.40. The molecule has 0 saturated heterocycles. The van der Waals surface area contributed by atoms with E-state index in [1.54, 1.807) is 20.8 Å². The molecular weight excluding hydrogens is 260 g/mol. The van der Waals surface area contributed by atoms with Crippen LogP contribution in [0.2, 0.25) is 0 Å². The molecule has 19 heavy (non-hydrogen) atoms. The summed E-state index contributed by atoms with van der Waals surface area (Å²) in [7, 11) is 0. The number of ether oxygens (including phenoxy) is 1. The number of aliphatic carboxylic acids is 1. The SMILES string of the molecule is CC(C)(C)OC(=O)NC1CCC(F)(F)CC1C(=O)O. The van der Waals surface area contributed by atoms with E-state index in [4.69, 9.17) is 9.84 Å². The van der Waals surface area contributed by atoms with Crippen LogP contribution in [0, 0.1) is 5.92 Å². The summed E-state index contributed by atoms with van der Waals surface area (Å²) in [5, 5.41) is 11.3. The van der Waals surface area contributed by atoms with Gasteiger partial charge in [-0.05, 0) is 27.2 Å². The highest BCUT2D eigenvalue weighted by molar-refractivity contribution is 5.74. The van der Waals surface area contributed by atoms with Gasteiger partial charge in [-0.2, -0.15) is 0 Å². The first-order valence-electron chi connectivity index (χ1n) is 6.10. The highest BCUT2D eigenvalue weighted by Gasteiger charge is 2.45. The molecule has 2 unspecified atom stereocenters. The Hall–Kier alpha value is -1.40. The van der Waals surface area contributed by atoms with Crippen molar-refractivity contribution in [2.45, 2.75) is 57.6 Å². The first kappa shape index (κ1) is 15.7. The van der Waals surface area contributed by atoms with E-state index in [1.165, 1.54) is 0 Å². The Morgan fingerprint density at radius 2 is 1.95 bits per heavy atom. The van der Waals surface area contributed by atoms with Crippen LogP contribution in [0.25, 0.3) is 0 Å². The van der Waals surface area contributed by atoms with E-state index in [2.05, 4.69) is 5.32 Å². The standard InChI is InChI=1S/C12H19F2NO4/c1-11(2,3)19-10(18)15-8-4-5-12(13,14)6-7(8)9(16)17/h7-8H,4-6H2,1-3H3,(H,15,18)(H,16,17). The van der Waals surface area contributed by atoms with Crippen LogP contribution in [0.5, 0.6) is 0 Å². The van der Waals surface area contributed by atoms with Gasteiger partial charge < -0.3 is 15.2 Å². The molecule has 0 aromatic heterocycles. The van der Waals surface area contributed by atoms with E-state index in [-0.39, 0.29) is 6.42 Å². The number of halogens is 2. The minimum absolute atomic E-state index is 0.0801. The van der Waals surface area contributed by atoms with E-state index in [1.807, 2.05) is 0 Å². The van der Waals surface area contributed by atoms with Gasteiger partial charge in [-0.1, -0.05) is 0 Å². The lowest BCUT2D eigenvalue weighted by Crippen LogP contribution is -2.50. The van der Waals surface area contributed by atoms with Crippen molar-refractivity contribution in [3.63, 3.8) is 0 Å². The molecule has 0 aliphatic heterocycles. The fourth-order valence-electron chi connectivity index (χ4n) is 2.03. The van der Waals surface area contributed by atoms with E-state index < -0.39 is 48.4 Å². The van der Waals surface area contributed by atoms with Crippen LogP contribution in [-0.2, 0) is 9.53 Å². The maximum absolute atomic E-state index is 13.2. The lowest BCUT2D eigenvalue weighted by Gasteiger charge is -2.34. The number of alkyl carbamates (subject to hydrolysis) is 1. The van der Waals surface area contributed by atoms with Crippen LogP contribution in [0.1, 0.15) is 40.0 Å². The zero-order valence-electron chi connectivity index (χ0n) is 11.2. The third-order valence-corrected chi connectivity index (χ3v) is 2.84. The van der Waals surface area contributed by atoms with Crippen LogP contribution >= 0.6 is 0 Å². The van der Waals surface area contributed by atoms with Gasteiger partial charge in [0.15, 0.2) is 0 Å². The van der Waals surface area contributed by atoms with Crippen LogP contribution in [0.3, 0.4) is 0 Å². The number of alkyl halides is 2. The highest BCUT2D eigenvalue weighted by Crippen LogP contribution is 2.37. The van der Waals surface area contributed by atoms with E-state index in [9.17, 15) is 18.4 Å². The molecule has 0 aromatic rings. The fraction of sp³-hybridized carbons (Fsp3) is 0.833. The average molecular weight is 279 g/mol. The molecule has 0 radical (unpaired) electrons. The summed E-state index contributed by atoms with van der Waals surface area (Å²) in [5.74, 6) is -5.62. The zero-order valence-corrected chi connectivity index (χ0v) is 11.2. The summed E-state index contributed by atoms with van der Waals surface area (Å²) in [6, 6.07) is -0.827. The van der Waals surface area contributed by atoms with Gasteiger partial charge in [-0.15, -0.1) is 0 Å². The molecule has 1 aliphatic carbocycles. The molecule has 0 heterocycles.